The number of carboxylic acid groups (broad SMARTS) is 1. The minimum absolute atomic E-state index is 0.0144. The first-order valence-electron chi connectivity index (χ1n) is 25.2. The van der Waals surface area contributed by atoms with Gasteiger partial charge in [0.2, 0.25) is 0 Å². The summed E-state index contributed by atoms with van der Waals surface area (Å²) in [6.45, 7) is 3.98. The van der Waals surface area contributed by atoms with Crippen LogP contribution in [-0.4, -0.2) is 109 Å². The summed E-state index contributed by atoms with van der Waals surface area (Å²) < 4.78 is 137. The highest BCUT2D eigenvalue weighted by Gasteiger charge is 2.44. The number of phosphoric acid groups is 3. The van der Waals surface area contributed by atoms with Crippen molar-refractivity contribution >= 4 is 94.2 Å². The monoisotopic (exact) mass is 1310 g/mol. The molecule has 3 unspecified atom stereocenters. The van der Waals surface area contributed by atoms with E-state index in [0.29, 0.717) is 10.9 Å². The number of nitrogens with one attached hydrogen (secondary N) is 1. The number of ether oxygens (including phenoxy) is 3. The van der Waals surface area contributed by atoms with E-state index in [2.05, 4.69) is 30.0 Å². The number of carboxylic acids is 1. The molecule has 1 saturated heterocycles. The summed E-state index contributed by atoms with van der Waals surface area (Å²) >= 11 is 0. The number of Topliss-reactive ketones (excluding diaryl/α,β-unsaturated/α-hetero) is 1. The van der Waals surface area contributed by atoms with Crippen LogP contribution in [0.4, 0.5) is 17.1 Å². The Morgan fingerprint density at radius 1 is 0.966 bits per heavy atom. The highest BCUT2D eigenvalue weighted by atomic mass is 32.2. The maximum atomic E-state index is 14.3. The van der Waals surface area contributed by atoms with Crippen LogP contribution >= 0.6 is 23.5 Å². The number of fused-ring (bicyclic) bond motifs is 3. The first kappa shape index (κ1) is 65.7. The number of aromatic carboxylic acids is 1. The summed E-state index contributed by atoms with van der Waals surface area (Å²) in [7, 11) is -25.9. The molecule has 8 rings (SSSR count). The second-order valence-corrected chi connectivity index (χ2v) is 28.2. The Labute approximate surface area is 492 Å². The molecular formula is C51H53N6O25P3S2. The van der Waals surface area contributed by atoms with Gasteiger partial charge >= 0.3 is 29.4 Å². The molecule has 2 aliphatic heterocycles. The zero-order valence-corrected chi connectivity index (χ0v) is 50.0. The number of hydrogen-bond donors (Lipinski definition) is 10. The molecule has 0 spiro atoms. The van der Waals surface area contributed by atoms with Crippen LogP contribution in [-0.2, 0) is 67.7 Å². The third kappa shape index (κ3) is 14.5. The number of nitrogens with zero attached hydrogens (tertiary/aromatic N) is 3. The number of aliphatic hydroxyl groups is 1. The van der Waals surface area contributed by atoms with E-state index in [1.165, 1.54) is 72.6 Å². The van der Waals surface area contributed by atoms with Gasteiger partial charge in [-0.05, 0) is 53.4 Å². The van der Waals surface area contributed by atoms with Gasteiger partial charge in [-0.1, -0.05) is 50.8 Å². The number of methoxy groups -OCH3 is 1. The van der Waals surface area contributed by atoms with Gasteiger partial charge in [0.25, 0.3) is 15.8 Å². The van der Waals surface area contributed by atoms with Gasteiger partial charge in [-0.3, -0.25) is 29.4 Å². The highest BCUT2D eigenvalue weighted by molar-refractivity contribution is 7.92. The molecule has 3 aromatic carbocycles. The van der Waals surface area contributed by atoms with E-state index in [-0.39, 0.29) is 75.3 Å². The molecule has 0 radical (unpaired) electrons. The molecule has 0 bridgehead atoms. The summed E-state index contributed by atoms with van der Waals surface area (Å²) in [5, 5.41) is 41.7. The maximum Gasteiger partial charge on any atom is 0.490 e. The number of carbonyl (C=O) groups is 2. The van der Waals surface area contributed by atoms with Crippen LogP contribution in [0.2, 0.25) is 0 Å². The van der Waals surface area contributed by atoms with Crippen molar-refractivity contribution in [3.05, 3.63) is 117 Å². The van der Waals surface area contributed by atoms with E-state index in [4.69, 9.17) is 45.3 Å². The molecule has 6 atom stereocenters. The Morgan fingerprint density at radius 2 is 1.67 bits per heavy atom. The fourth-order valence-electron chi connectivity index (χ4n) is 9.77. The van der Waals surface area contributed by atoms with E-state index >= 15 is 0 Å². The molecule has 0 amide bonds. The average molecular weight is 1310 g/mol. The summed E-state index contributed by atoms with van der Waals surface area (Å²) in [4.78, 5) is 77.9. The van der Waals surface area contributed by atoms with Gasteiger partial charge in [-0.2, -0.15) is 17.0 Å². The van der Waals surface area contributed by atoms with Crippen molar-refractivity contribution in [1.29, 1.82) is 5.41 Å². The van der Waals surface area contributed by atoms with Gasteiger partial charge in [0.15, 0.2) is 26.1 Å². The number of ketones is 1. The highest BCUT2D eigenvalue weighted by Crippen LogP contribution is 2.66. The topological polar surface area (TPSA) is 501 Å². The third-order valence-corrected chi connectivity index (χ3v) is 19.7. The molecule has 1 fully saturated rings. The van der Waals surface area contributed by atoms with Crippen LogP contribution in [0, 0.1) is 32.8 Å². The predicted octanol–water partition coefficient (Wildman–Crippen LogP) is 6.53. The van der Waals surface area contributed by atoms with Crippen LogP contribution < -0.4 is 21.6 Å². The molecule has 0 saturated carbocycles. The number of nitro benzene ring substituents is 1. The van der Waals surface area contributed by atoms with Crippen LogP contribution in [0.5, 0.6) is 5.75 Å². The normalized spacial score (nSPS) is 17.6. The number of benzene rings is 4. The average Bonchev–Trinajstić information content (AvgIpc) is 1.35. The molecule has 2 aromatic heterocycles. The second-order valence-electron chi connectivity index (χ2n) is 20.5. The Kier molecular flexibility index (Phi) is 18.6. The number of anilines is 2. The lowest BCUT2D eigenvalue weighted by Gasteiger charge is -2.31. The maximum absolute atomic E-state index is 14.3. The first-order chi connectivity index (χ1) is 40.4. The third-order valence-electron chi connectivity index (χ3n) is 13.3. The minimum Gasteiger partial charge on any atom is -0.495 e. The fraction of sp³-hybridized carbons (Fsp3) is 0.294. The van der Waals surface area contributed by atoms with Crippen molar-refractivity contribution in [3.63, 3.8) is 0 Å². The van der Waals surface area contributed by atoms with Crippen molar-refractivity contribution in [2.45, 2.75) is 81.0 Å². The van der Waals surface area contributed by atoms with E-state index in [1.807, 2.05) is 0 Å². The summed E-state index contributed by atoms with van der Waals surface area (Å²) in [5.41, 5.74) is 10.5. The number of sulfone groups is 1. The summed E-state index contributed by atoms with van der Waals surface area (Å²) in [5.74, 6) is 1.23. The Bertz CT molecular complexity index is 4440. The number of phosphoric ester groups is 1. The molecule has 3 aliphatic rings. The number of hydrogen-bond acceptors (Lipinski definition) is 23. The number of nitrogens with two attached hydrogens (primary N) is 2. The number of rotatable bonds is 22. The van der Waals surface area contributed by atoms with Crippen LogP contribution in [0.3, 0.4) is 0 Å². The van der Waals surface area contributed by atoms with E-state index in [1.54, 1.807) is 20.8 Å². The number of nitrogen functional groups attached to an aromatic ring is 2. The van der Waals surface area contributed by atoms with E-state index in [9.17, 15) is 74.8 Å². The van der Waals surface area contributed by atoms with Crippen LogP contribution in [0.15, 0.2) is 93.3 Å². The fourth-order valence-corrected chi connectivity index (χ4v) is 15.1. The summed E-state index contributed by atoms with van der Waals surface area (Å²) in [6, 6.07) is 14.1. The van der Waals surface area contributed by atoms with Gasteiger partial charge in [0, 0.05) is 70.9 Å². The van der Waals surface area contributed by atoms with Crippen molar-refractivity contribution in [2.24, 2.45) is 5.41 Å². The lowest BCUT2D eigenvalue weighted by molar-refractivity contribution is -0.386. The smallest absolute Gasteiger partial charge is 0.490 e. The van der Waals surface area contributed by atoms with Gasteiger partial charge in [0.05, 0.1) is 65.2 Å². The molecule has 31 nitrogen and oxygen atoms in total. The zero-order valence-electron chi connectivity index (χ0n) is 45.7. The van der Waals surface area contributed by atoms with E-state index in [0.717, 1.165) is 18.2 Å². The molecule has 1 aliphatic carbocycles. The lowest BCUT2D eigenvalue weighted by atomic mass is 9.83. The van der Waals surface area contributed by atoms with Crippen molar-refractivity contribution < 1.29 is 111 Å². The van der Waals surface area contributed by atoms with Gasteiger partial charge in [0.1, 0.15) is 40.2 Å². The molecule has 4 heterocycles. The van der Waals surface area contributed by atoms with Crippen molar-refractivity contribution in [2.75, 3.05) is 30.9 Å². The molecule has 87 heavy (non-hydrogen) atoms. The number of carbonyl (C=O) groups excluding carboxylic acids is 1. The van der Waals surface area contributed by atoms with Crippen molar-refractivity contribution in [3.8, 4) is 40.0 Å². The minimum atomic E-state index is -5.84. The van der Waals surface area contributed by atoms with Crippen LogP contribution in [0.1, 0.15) is 79.4 Å². The van der Waals surface area contributed by atoms with Gasteiger partial charge < -0.3 is 64.4 Å². The zero-order chi connectivity index (χ0) is 64.1. The number of pyridine rings is 1. The SMILES string of the molecule is COc1cc([C@@H](OCc2cn([C@H]3CC(O)[C@@H](COP(=O)(O)OP(=O)(O)OP(=O)(O)O)O3)c3nccc(N)c23)C(C)(C)C)c([N+](=O)[O-])cc1C#CCCC(=O)CS(=O)(=O)c1c(N)ccc2c(-c3ccccc3C(=O)O)c3ccc(=N)c(S(=O)(=O)O)c-3oc12. The number of nitro groups is 1. The molecule has 36 heteroatoms. The Balaban J connectivity index is 1.03. The Hall–Kier alpha value is -7.31. The lowest BCUT2D eigenvalue weighted by Crippen LogP contribution is -2.26. The predicted molar refractivity (Wildman–Crippen MR) is 304 cm³/mol. The number of aliphatic hydroxyl groups excluding tert-OH is 1. The molecule has 12 N–H and O–H groups in total. The molecular weight excluding hydrogens is 1250 g/mol. The Morgan fingerprint density at radius 3 is 2.31 bits per heavy atom. The van der Waals surface area contributed by atoms with Gasteiger partial charge in [-0.15, -0.1) is 0 Å². The van der Waals surface area contributed by atoms with E-state index < -0.39 is 147 Å². The largest absolute Gasteiger partial charge is 0.495 e. The standard InChI is InChI=1S/C51H53N6O25P3S2/c1-51(2,3)48(77-23-27-22-56(49-42(27)34(52)17-18-55-49)41-21-38(59)40(79-41)24-78-84(67,68)82-85(69,70)81-83(64,65)66)33-20-39(76-4)26(19-37(33)57(62)63)9-5-6-10-28(58)25-86(71,72)46-35(53)15-13-31-43(29-11-7-8-12-30(29)50(60)61)32-14-16-36(54)47(87(73,74)75)45(32)80-44(31)46/h7-8,11-20,22,38,40-41,48,54,59H,6,10,21,23-25,53H2,1-4H3,(H2,52,55)(H,60,61)(H,67,68)(H,69,70)(H2,64,65,66)(H,73,74,75)/t38?,40-,41-,48-/m1/s1. The van der Waals surface area contributed by atoms with Gasteiger partial charge in [-0.25, -0.2) is 31.9 Å². The molecule has 5 aromatic rings. The molecule has 464 valence electrons. The summed E-state index contributed by atoms with van der Waals surface area (Å²) in [6.07, 6.45) is -3.15. The van der Waals surface area contributed by atoms with Crippen molar-refractivity contribution in [1.82, 2.24) is 9.55 Å². The quantitative estimate of drug-likeness (QED) is 0.00655. The number of aromatic nitrogens is 2. The first-order valence-corrected chi connectivity index (χ1v) is 32.8. The van der Waals surface area contributed by atoms with Crippen LogP contribution in [0.25, 0.3) is 44.5 Å². The second kappa shape index (κ2) is 24.7.